The summed E-state index contributed by atoms with van der Waals surface area (Å²) in [6.07, 6.45) is 0.538. The summed E-state index contributed by atoms with van der Waals surface area (Å²) in [4.78, 5) is 25.4. The molecular weight excluding hydrogens is 282 g/mol. The van der Waals surface area contributed by atoms with Crippen LogP contribution >= 0.6 is 0 Å². The zero-order valence-corrected chi connectivity index (χ0v) is 13.3. The number of hydrogen-bond acceptors (Lipinski definition) is 4. The van der Waals surface area contributed by atoms with Crippen LogP contribution in [-0.2, 0) is 16.0 Å². The Labute approximate surface area is 130 Å². The van der Waals surface area contributed by atoms with E-state index in [1.54, 1.807) is 17.0 Å². The molecule has 0 bridgehead atoms. The van der Waals surface area contributed by atoms with Gasteiger partial charge < -0.3 is 14.7 Å². The van der Waals surface area contributed by atoms with Gasteiger partial charge in [0.15, 0.2) is 0 Å². The zero-order valence-electron chi connectivity index (χ0n) is 13.3. The summed E-state index contributed by atoms with van der Waals surface area (Å²) in [7, 11) is 0. The summed E-state index contributed by atoms with van der Waals surface area (Å²) in [5.41, 5.74) is 0.260. The topological polar surface area (TPSA) is 66.8 Å². The van der Waals surface area contributed by atoms with Crippen molar-refractivity contribution in [2.45, 2.75) is 39.2 Å². The van der Waals surface area contributed by atoms with E-state index in [1.807, 2.05) is 32.9 Å². The summed E-state index contributed by atoms with van der Waals surface area (Å²) >= 11 is 0. The number of Topliss-reactive ketones (excluding diaryl/α,β-unsaturated/α-hetero) is 1. The van der Waals surface area contributed by atoms with Crippen molar-refractivity contribution in [1.82, 2.24) is 4.90 Å². The van der Waals surface area contributed by atoms with Gasteiger partial charge >= 0.3 is 6.09 Å². The molecule has 1 aliphatic rings. The van der Waals surface area contributed by atoms with Gasteiger partial charge in [-0.1, -0.05) is 18.2 Å². The van der Waals surface area contributed by atoms with Crippen LogP contribution in [0.25, 0.3) is 0 Å². The number of carbonyl (C=O) groups is 2. The predicted octanol–water partition coefficient (Wildman–Crippen LogP) is 2.76. The first kappa shape index (κ1) is 16.3. The van der Waals surface area contributed by atoms with E-state index in [9.17, 15) is 14.7 Å². The minimum Gasteiger partial charge on any atom is -0.508 e. The molecule has 0 aliphatic carbocycles. The van der Waals surface area contributed by atoms with Crippen molar-refractivity contribution < 1.29 is 19.4 Å². The van der Waals surface area contributed by atoms with Crippen LogP contribution in [0.3, 0.4) is 0 Å². The quantitative estimate of drug-likeness (QED) is 0.929. The molecule has 0 aromatic heterocycles. The Hall–Kier alpha value is -2.04. The minimum absolute atomic E-state index is 0.113. The third-order valence-electron chi connectivity index (χ3n) is 3.62. The Morgan fingerprint density at radius 1 is 1.27 bits per heavy atom. The SMILES string of the molecule is CC(C)(C)OC(=O)N1CC(C(=O)CCc2ccccc2O)C1. The van der Waals surface area contributed by atoms with Gasteiger partial charge in [0, 0.05) is 19.5 Å². The van der Waals surface area contributed by atoms with Crippen molar-refractivity contribution >= 4 is 11.9 Å². The van der Waals surface area contributed by atoms with Crippen molar-refractivity contribution in [1.29, 1.82) is 0 Å². The van der Waals surface area contributed by atoms with Gasteiger partial charge in [-0.15, -0.1) is 0 Å². The highest BCUT2D eigenvalue weighted by Gasteiger charge is 2.37. The third-order valence-corrected chi connectivity index (χ3v) is 3.62. The molecule has 5 nitrogen and oxygen atoms in total. The van der Waals surface area contributed by atoms with E-state index < -0.39 is 5.60 Å². The first-order valence-electron chi connectivity index (χ1n) is 7.54. The number of phenols is 1. The molecule has 0 spiro atoms. The highest BCUT2D eigenvalue weighted by Crippen LogP contribution is 2.23. The number of rotatable bonds is 4. The fourth-order valence-corrected chi connectivity index (χ4v) is 2.34. The Morgan fingerprint density at radius 3 is 2.50 bits per heavy atom. The van der Waals surface area contributed by atoms with Crippen LogP contribution in [0.15, 0.2) is 24.3 Å². The van der Waals surface area contributed by atoms with Crippen LogP contribution in [0.4, 0.5) is 4.79 Å². The number of aromatic hydroxyl groups is 1. The lowest BCUT2D eigenvalue weighted by atomic mass is 9.91. The van der Waals surface area contributed by atoms with Crippen LogP contribution in [-0.4, -0.2) is 40.6 Å². The summed E-state index contributed by atoms with van der Waals surface area (Å²) < 4.78 is 5.26. The van der Waals surface area contributed by atoms with Crippen LogP contribution in [0, 0.1) is 5.92 Å². The number of amides is 1. The summed E-state index contributed by atoms with van der Waals surface area (Å²) in [6, 6.07) is 7.03. The number of para-hydroxylation sites is 1. The Balaban J connectivity index is 1.75. The average Bonchev–Trinajstić information content (AvgIpc) is 2.33. The van der Waals surface area contributed by atoms with Crippen LogP contribution in [0.1, 0.15) is 32.8 Å². The van der Waals surface area contributed by atoms with Gasteiger partial charge in [0.2, 0.25) is 0 Å². The molecule has 1 amide bonds. The molecule has 1 saturated heterocycles. The van der Waals surface area contributed by atoms with Crippen molar-refractivity contribution in [3.63, 3.8) is 0 Å². The number of hydrogen-bond donors (Lipinski definition) is 1. The van der Waals surface area contributed by atoms with Gasteiger partial charge in [-0.05, 0) is 38.8 Å². The molecule has 1 fully saturated rings. The van der Waals surface area contributed by atoms with Gasteiger partial charge in [-0.25, -0.2) is 4.79 Å². The number of carbonyl (C=O) groups excluding carboxylic acids is 2. The molecule has 0 saturated carbocycles. The molecular formula is C17H23NO4. The molecule has 1 aromatic carbocycles. The van der Waals surface area contributed by atoms with Crippen LogP contribution in [0.2, 0.25) is 0 Å². The summed E-state index contributed by atoms with van der Waals surface area (Å²) in [6.45, 7) is 6.31. The van der Waals surface area contributed by atoms with Crippen molar-refractivity contribution in [2.75, 3.05) is 13.1 Å². The largest absolute Gasteiger partial charge is 0.508 e. The van der Waals surface area contributed by atoms with Gasteiger partial charge in [0.25, 0.3) is 0 Å². The standard InChI is InChI=1S/C17H23NO4/c1-17(2,3)22-16(21)18-10-13(11-18)15(20)9-8-12-6-4-5-7-14(12)19/h4-7,13,19H,8-11H2,1-3H3. The Kier molecular flexibility index (Phi) is 4.74. The average molecular weight is 305 g/mol. The number of ketones is 1. The second-order valence-corrected chi connectivity index (χ2v) is 6.68. The number of nitrogens with zero attached hydrogens (tertiary/aromatic N) is 1. The molecule has 0 atom stereocenters. The van der Waals surface area contributed by atoms with E-state index in [0.29, 0.717) is 25.9 Å². The number of likely N-dealkylation sites (tertiary alicyclic amines) is 1. The molecule has 22 heavy (non-hydrogen) atoms. The smallest absolute Gasteiger partial charge is 0.410 e. The first-order chi connectivity index (χ1) is 10.3. The molecule has 1 N–H and O–H groups in total. The maximum atomic E-state index is 12.1. The molecule has 1 heterocycles. The number of aryl methyl sites for hydroxylation is 1. The normalized spacial score (nSPS) is 15.3. The minimum atomic E-state index is -0.517. The fraction of sp³-hybridized carbons (Fsp3) is 0.529. The Bertz CT molecular complexity index is 556. The van der Waals surface area contributed by atoms with Crippen LogP contribution < -0.4 is 0 Å². The third kappa shape index (κ3) is 4.23. The second-order valence-electron chi connectivity index (χ2n) is 6.68. The Morgan fingerprint density at radius 2 is 1.91 bits per heavy atom. The highest BCUT2D eigenvalue weighted by molar-refractivity contribution is 5.84. The van der Waals surface area contributed by atoms with E-state index >= 15 is 0 Å². The van der Waals surface area contributed by atoms with Crippen molar-refractivity contribution in [2.24, 2.45) is 5.92 Å². The number of phenolic OH excluding ortho intramolecular Hbond substituents is 1. The maximum Gasteiger partial charge on any atom is 0.410 e. The van der Waals surface area contributed by atoms with E-state index in [0.717, 1.165) is 5.56 Å². The molecule has 5 heteroatoms. The van der Waals surface area contributed by atoms with Gasteiger partial charge in [0.1, 0.15) is 17.1 Å². The lowest BCUT2D eigenvalue weighted by molar-refractivity contribution is -0.127. The van der Waals surface area contributed by atoms with E-state index in [1.165, 1.54) is 0 Å². The summed E-state index contributed by atoms with van der Waals surface area (Å²) in [5, 5.41) is 9.68. The van der Waals surface area contributed by atoms with Crippen molar-refractivity contribution in [3.8, 4) is 5.75 Å². The fourth-order valence-electron chi connectivity index (χ4n) is 2.34. The number of benzene rings is 1. The molecule has 1 aromatic rings. The molecule has 1 aliphatic heterocycles. The lowest BCUT2D eigenvalue weighted by Gasteiger charge is -2.38. The molecule has 0 radical (unpaired) electrons. The number of ether oxygens (including phenoxy) is 1. The monoisotopic (exact) mass is 305 g/mol. The van der Waals surface area contributed by atoms with E-state index in [2.05, 4.69) is 0 Å². The highest BCUT2D eigenvalue weighted by atomic mass is 16.6. The maximum absolute atomic E-state index is 12.1. The molecule has 120 valence electrons. The van der Waals surface area contributed by atoms with Gasteiger partial charge in [-0.2, -0.15) is 0 Å². The second kappa shape index (κ2) is 6.38. The van der Waals surface area contributed by atoms with Gasteiger partial charge in [-0.3, -0.25) is 4.79 Å². The molecule has 2 rings (SSSR count). The first-order valence-corrected chi connectivity index (χ1v) is 7.54. The van der Waals surface area contributed by atoms with E-state index in [-0.39, 0.29) is 23.5 Å². The molecule has 0 unspecified atom stereocenters. The van der Waals surface area contributed by atoms with Crippen LogP contribution in [0.5, 0.6) is 5.75 Å². The summed E-state index contributed by atoms with van der Waals surface area (Å²) in [5.74, 6) is 0.237. The van der Waals surface area contributed by atoms with Gasteiger partial charge in [0.05, 0.1) is 5.92 Å². The van der Waals surface area contributed by atoms with Crippen molar-refractivity contribution in [3.05, 3.63) is 29.8 Å². The zero-order chi connectivity index (χ0) is 16.3. The predicted molar refractivity (Wildman–Crippen MR) is 82.7 cm³/mol. The lowest BCUT2D eigenvalue weighted by Crippen LogP contribution is -2.54. The van der Waals surface area contributed by atoms with E-state index in [4.69, 9.17) is 4.74 Å².